The fraction of sp³-hybridized carbons (Fsp3) is 0.231. The van der Waals surface area contributed by atoms with Crippen LogP contribution in [0.1, 0.15) is 5.56 Å². The first kappa shape index (κ1) is 14.7. The van der Waals surface area contributed by atoms with Gasteiger partial charge < -0.3 is 14.8 Å². The van der Waals surface area contributed by atoms with Gasteiger partial charge in [-0.05, 0) is 12.1 Å². The van der Waals surface area contributed by atoms with E-state index >= 15 is 0 Å². The van der Waals surface area contributed by atoms with Crippen LogP contribution in [0.25, 0.3) is 0 Å². The molecule has 1 aromatic heterocycles. The third kappa shape index (κ3) is 3.23. The highest BCUT2D eigenvalue weighted by atomic mass is 35.5. The Morgan fingerprint density at radius 1 is 1.15 bits per heavy atom. The van der Waals surface area contributed by atoms with Gasteiger partial charge in [0.05, 0.1) is 20.4 Å². The van der Waals surface area contributed by atoms with Crippen LogP contribution in [0.2, 0.25) is 10.0 Å². The Hall–Kier alpha value is -1.72. The van der Waals surface area contributed by atoms with Crippen LogP contribution in [0.15, 0.2) is 24.4 Å². The lowest BCUT2D eigenvalue weighted by molar-refractivity contribution is 0.380. The van der Waals surface area contributed by atoms with Crippen molar-refractivity contribution in [1.29, 1.82) is 0 Å². The second-order valence-electron chi connectivity index (χ2n) is 3.83. The predicted molar refractivity (Wildman–Crippen MR) is 78.9 cm³/mol. The van der Waals surface area contributed by atoms with Crippen molar-refractivity contribution in [1.82, 2.24) is 9.97 Å². The maximum absolute atomic E-state index is 6.16. The molecule has 0 aliphatic heterocycles. The molecule has 2 aromatic rings. The van der Waals surface area contributed by atoms with Crippen molar-refractivity contribution in [3.05, 3.63) is 40.0 Å². The smallest absolute Gasteiger partial charge is 0.318 e. The van der Waals surface area contributed by atoms with E-state index in [1.54, 1.807) is 13.2 Å². The molecule has 5 nitrogen and oxygen atoms in total. The minimum Gasteiger partial charge on any atom is -0.496 e. The van der Waals surface area contributed by atoms with Gasteiger partial charge in [0.2, 0.25) is 0 Å². The molecule has 0 amide bonds. The molecule has 7 heteroatoms. The van der Waals surface area contributed by atoms with Crippen LogP contribution >= 0.6 is 23.2 Å². The fourth-order valence-electron chi connectivity index (χ4n) is 1.65. The molecule has 0 atom stereocenters. The van der Waals surface area contributed by atoms with Gasteiger partial charge in [0.15, 0.2) is 5.82 Å². The molecule has 0 saturated heterocycles. The van der Waals surface area contributed by atoms with Crippen molar-refractivity contribution >= 4 is 29.0 Å². The molecule has 0 spiro atoms. The summed E-state index contributed by atoms with van der Waals surface area (Å²) in [4.78, 5) is 8.04. The van der Waals surface area contributed by atoms with E-state index in [4.69, 9.17) is 32.7 Å². The molecule has 0 saturated carbocycles. The summed E-state index contributed by atoms with van der Waals surface area (Å²) in [5, 5.41) is 4.10. The highest BCUT2D eigenvalue weighted by Crippen LogP contribution is 2.28. The number of rotatable bonds is 5. The van der Waals surface area contributed by atoms with Crippen molar-refractivity contribution in [2.45, 2.75) is 6.54 Å². The van der Waals surface area contributed by atoms with E-state index in [9.17, 15) is 0 Å². The van der Waals surface area contributed by atoms with E-state index < -0.39 is 0 Å². The lowest BCUT2D eigenvalue weighted by Crippen LogP contribution is -2.05. The van der Waals surface area contributed by atoms with Gasteiger partial charge in [0.25, 0.3) is 0 Å². The van der Waals surface area contributed by atoms with Gasteiger partial charge in [-0.25, -0.2) is 4.98 Å². The number of nitrogens with zero attached hydrogens (tertiary/aromatic N) is 2. The van der Waals surface area contributed by atoms with Crippen LogP contribution in [0.3, 0.4) is 0 Å². The highest BCUT2D eigenvalue weighted by Gasteiger charge is 2.10. The monoisotopic (exact) mass is 313 g/mol. The molecule has 0 bridgehead atoms. The van der Waals surface area contributed by atoms with Crippen LogP contribution in [-0.4, -0.2) is 24.2 Å². The van der Waals surface area contributed by atoms with E-state index in [-0.39, 0.29) is 6.01 Å². The Bertz CT molecular complexity index is 608. The van der Waals surface area contributed by atoms with E-state index in [2.05, 4.69) is 15.3 Å². The van der Waals surface area contributed by atoms with Gasteiger partial charge in [0.1, 0.15) is 10.8 Å². The number of hydrogen-bond acceptors (Lipinski definition) is 5. The minimum absolute atomic E-state index is 0.239. The third-order valence-corrected chi connectivity index (χ3v) is 3.26. The van der Waals surface area contributed by atoms with Gasteiger partial charge in [-0.15, -0.1) is 0 Å². The van der Waals surface area contributed by atoms with Gasteiger partial charge in [-0.3, -0.25) is 0 Å². The molecule has 0 fully saturated rings. The van der Waals surface area contributed by atoms with Gasteiger partial charge in [-0.2, -0.15) is 4.98 Å². The number of hydrogen-bond donors (Lipinski definition) is 1. The van der Waals surface area contributed by atoms with Gasteiger partial charge >= 0.3 is 6.01 Å². The molecule has 0 aliphatic rings. The Kier molecular flexibility index (Phi) is 4.87. The number of nitrogens with one attached hydrogen (secondary N) is 1. The third-order valence-electron chi connectivity index (χ3n) is 2.63. The maximum atomic E-state index is 6.16. The lowest BCUT2D eigenvalue weighted by Gasteiger charge is -2.12. The van der Waals surface area contributed by atoms with Crippen molar-refractivity contribution in [2.75, 3.05) is 19.5 Å². The van der Waals surface area contributed by atoms with Crippen molar-refractivity contribution in [3.63, 3.8) is 0 Å². The van der Waals surface area contributed by atoms with Gasteiger partial charge in [0, 0.05) is 17.1 Å². The lowest BCUT2D eigenvalue weighted by atomic mass is 10.2. The van der Waals surface area contributed by atoms with Crippen LogP contribution < -0.4 is 14.8 Å². The van der Waals surface area contributed by atoms with Gasteiger partial charge in [-0.1, -0.05) is 29.3 Å². The highest BCUT2D eigenvalue weighted by molar-refractivity contribution is 6.33. The van der Waals surface area contributed by atoms with Crippen molar-refractivity contribution in [2.24, 2.45) is 0 Å². The average molecular weight is 314 g/mol. The van der Waals surface area contributed by atoms with Crippen LogP contribution in [0.5, 0.6) is 11.8 Å². The zero-order chi connectivity index (χ0) is 14.5. The number of methoxy groups -OCH3 is 2. The Balaban J connectivity index is 2.21. The summed E-state index contributed by atoms with van der Waals surface area (Å²) in [6, 6.07) is 5.70. The zero-order valence-electron chi connectivity index (χ0n) is 11.0. The second kappa shape index (κ2) is 6.63. The topological polar surface area (TPSA) is 56.3 Å². The summed E-state index contributed by atoms with van der Waals surface area (Å²) in [6.45, 7) is 0.419. The number of anilines is 1. The number of aromatic nitrogens is 2. The molecule has 1 aromatic carbocycles. The summed E-state index contributed by atoms with van der Waals surface area (Å²) in [5.41, 5.74) is 0.824. The SMILES string of the molecule is COc1ncc(Cl)c(NCc2c(Cl)cccc2OC)n1. The molecule has 106 valence electrons. The summed E-state index contributed by atoms with van der Waals surface area (Å²) in [7, 11) is 3.08. The minimum atomic E-state index is 0.239. The average Bonchev–Trinajstić information content (AvgIpc) is 2.47. The van der Waals surface area contributed by atoms with Crippen molar-refractivity contribution < 1.29 is 9.47 Å². The summed E-state index contributed by atoms with van der Waals surface area (Å²) in [6.07, 6.45) is 1.47. The Morgan fingerprint density at radius 2 is 1.95 bits per heavy atom. The van der Waals surface area contributed by atoms with Crippen LogP contribution in [-0.2, 0) is 6.54 Å². The molecule has 2 rings (SSSR count). The Labute approximate surface area is 126 Å². The number of halogens is 2. The zero-order valence-corrected chi connectivity index (χ0v) is 12.5. The molecule has 0 radical (unpaired) electrons. The van der Waals surface area contributed by atoms with E-state index in [0.29, 0.717) is 28.2 Å². The maximum Gasteiger partial charge on any atom is 0.318 e. The molecule has 20 heavy (non-hydrogen) atoms. The number of ether oxygens (including phenoxy) is 2. The second-order valence-corrected chi connectivity index (χ2v) is 4.64. The van der Waals surface area contributed by atoms with E-state index in [0.717, 1.165) is 5.56 Å². The quantitative estimate of drug-likeness (QED) is 0.916. The largest absolute Gasteiger partial charge is 0.496 e. The molecule has 1 N–H and O–H groups in total. The summed E-state index contributed by atoms with van der Waals surface area (Å²) >= 11 is 12.2. The van der Waals surface area contributed by atoms with Crippen molar-refractivity contribution in [3.8, 4) is 11.8 Å². The summed E-state index contributed by atoms with van der Waals surface area (Å²) in [5.74, 6) is 1.17. The first-order valence-electron chi connectivity index (χ1n) is 5.77. The molecule has 0 aliphatic carbocycles. The van der Waals surface area contributed by atoms with E-state index in [1.807, 2.05) is 12.1 Å². The fourth-order valence-corrected chi connectivity index (χ4v) is 2.04. The standard InChI is InChI=1S/C13H13Cl2N3O2/c1-19-11-5-3-4-9(14)8(11)6-16-12-10(15)7-17-13(18-12)20-2/h3-5,7H,6H2,1-2H3,(H,16,17,18). The first-order valence-corrected chi connectivity index (χ1v) is 6.53. The summed E-state index contributed by atoms with van der Waals surface area (Å²) < 4.78 is 10.2. The normalized spacial score (nSPS) is 10.2. The van der Waals surface area contributed by atoms with Crippen LogP contribution in [0, 0.1) is 0 Å². The predicted octanol–water partition coefficient (Wildman–Crippen LogP) is 3.41. The van der Waals surface area contributed by atoms with E-state index in [1.165, 1.54) is 13.3 Å². The van der Waals surface area contributed by atoms with Crippen LogP contribution in [0.4, 0.5) is 5.82 Å². The number of benzene rings is 1. The molecule has 0 unspecified atom stereocenters. The first-order chi connectivity index (χ1) is 9.65. The Morgan fingerprint density at radius 3 is 2.65 bits per heavy atom. The molecule has 1 heterocycles. The molecular formula is C13H13Cl2N3O2. The molecular weight excluding hydrogens is 301 g/mol.